The van der Waals surface area contributed by atoms with Crippen molar-refractivity contribution in [1.29, 1.82) is 5.26 Å². The lowest BCUT2D eigenvalue weighted by Crippen LogP contribution is -2.27. The summed E-state index contributed by atoms with van der Waals surface area (Å²) in [4.78, 5) is 12.6. The van der Waals surface area contributed by atoms with E-state index in [1.54, 1.807) is 32.5 Å². The molecule has 1 aromatic heterocycles. The van der Waals surface area contributed by atoms with Gasteiger partial charge in [0.25, 0.3) is 5.91 Å². The van der Waals surface area contributed by atoms with Crippen LogP contribution in [0.25, 0.3) is 17.3 Å². The van der Waals surface area contributed by atoms with Gasteiger partial charge in [0.15, 0.2) is 11.5 Å². The summed E-state index contributed by atoms with van der Waals surface area (Å²) in [6.07, 6.45) is 3.08. The van der Waals surface area contributed by atoms with Crippen molar-refractivity contribution in [3.05, 3.63) is 71.4 Å². The minimum absolute atomic E-state index is 0.0130. The molecule has 7 nitrogen and oxygen atoms in total. The standard InChI is InChI=1S/C23H22N4O3/c1-15(16-7-5-4-6-8-16)26-23(28)18(13-24)11-19-14-25-27-22(19)17-9-10-20(29-2)21(12-17)30-3/h4-12,14-15H,1-3H3,(H,25,27)(H,26,28)/b18-11-/t15-/m1/s1. The molecule has 0 saturated heterocycles. The average molecular weight is 402 g/mol. The van der Waals surface area contributed by atoms with E-state index in [0.29, 0.717) is 22.8 Å². The topological polar surface area (TPSA) is 100 Å². The molecule has 0 radical (unpaired) electrons. The van der Waals surface area contributed by atoms with Gasteiger partial charge in [-0.3, -0.25) is 9.89 Å². The second-order valence-corrected chi connectivity index (χ2v) is 6.55. The summed E-state index contributed by atoms with van der Waals surface area (Å²) in [6, 6.07) is 16.7. The van der Waals surface area contributed by atoms with E-state index in [2.05, 4.69) is 15.5 Å². The van der Waals surface area contributed by atoms with Crippen molar-refractivity contribution in [2.45, 2.75) is 13.0 Å². The summed E-state index contributed by atoms with van der Waals surface area (Å²) in [5.41, 5.74) is 3.00. The first kappa shape index (κ1) is 20.7. The van der Waals surface area contributed by atoms with Crippen molar-refractivity contribution in [3.8, 4) is 28.8 Å². The molecule has 0 spiro atoms. The Kier molecular flexibility index (Phi) is 6.50. The average Bonchev–Trinajstić information content (AvgIpc) is 3.25. The maximum absolute atomic E-state index is 12.6. The summed E-state index contributed by atoms with van der Waals surface area (Å²) in [6.45, 7) is 1.87. The lowest BCUT2D eigenvalue weighted by molar-refractivity contribution is -0.117. The van der Waals surface area contributed by atoms with Crippen LogP contribution in [0.2, 0.25) is 0 Å². The number of amides is 1. The molecule has 1 amide bonds. The Balaban J connectivity index is 1.87. The molecule has 3 aromatic rings. The van der Waals surface area contributed by atoms with Crippen LogP contribution in [0.4, 0.5) is 0 Å². The Morgan fingerprint density at radius 2 is 1.90 bits per heavy atom. The van der Waals surface area contributed by atoms with Gasteiger partial charge in [-0.05, 0) is 36.8 Å². The predicted octanol–water partition coefficient (Wildman–Crippen LogP) is 3.88. The Labute approximate surface area is 175 Å². The number of aromatic amines is 1. The molecule has 0 aliphatic heterocycles. The molecular weight excluding hydrogens is 380 g/mol. The van der Waals surface area contributed by atoms with Gasteiger partial charge in [-0.15, -0.1) is 0 Å². The largest absolute Gasteiger partial charge is 0.493 e. The smallest absolute Gasteiger partial charge is 0.262 e. The van der Waals surface area contributed by atoms with Crippen LogP contribution >= 0.6 is 0 Å². The summed E-state index contributed by atoms with van der Waals surface area (Å²) >= 11 is 0. The van der Waals surface area contributed by atoms with Crippen molar-refractivity contribution < 1.29 is 14.3 Å². The number of hydrogen-bond donors (Lipinski definition) is 2. The van der Waals surface area contributed by atoms with E-state index < -0.39 is 5.91 Å². The minimum Gasteiger partial charge on any atom is -0.493 e. The number of nitrogens with one attached hydrogen (secondary N) is 2. The molecular formula is C23H22N4O3. The molecule has 1 atom stereocenters. The summed E-state index contributed by atoms with van der Waals surface area (Å²) < 4.78 is 10.6. The molecule has 0 unspecified atom stereocenters. The number of H-pyrrole nitrogens is 1. The third-order valence-corrected chi connectivity index (χ3v) is 4.65. The van der Waals surface area contributed by atoms with E-state index in [9.17, 15) is 10.1 Å². The molecule has 2 N–H and O–H groups in total. The van der Waals surface area contributed by atoms with E-state index in [1.807, 2.05) is 49.4 Å². The van der Waals surface area contributed by atoms with Crippen molar-refractivity contribution in [1.82, 2.24) is 15.5 Å². The first-order valence-corrected chi connectivity index (χ1v) is 9.30. The molecule has 0 bridgehead atoms. The number of carbonyl (C=O) groups is 1. The van der Waals surface area contributed by atoms with Crippen LogP contribution in [-0.2, 0) is 4.79 Å². The molecule has 7 heteroatoms. The molecule has 30 heavy (non-hydrogen) atoms. The highest BCUT2D eigenvalue weighted by atomic mass is 16.5. The molecule has 152 valence electrons. The fraction of sp³-hybridized carbons (Fsp3) is 0.174. The van der Waals surface area contributed by atoms with E-state index in [-0.39, 0.29) is 11.6 Å². The van der Waals surface area contributed by atoms with E-state index in [0.717, 1.165) is 11.1 Å². The van der Waals surface area contributed by atoms with Gasteiger partial charge >= 0.3 is 0 Å². The fourth-order valence-corrected chi connectivity index (χ4v) is 3.03. The minimum atomic E-state index is -0.451. The van der Waals surface area contributed by atoms with Crippen LogP contribution in [0.3, 0.4) is 0 Å². The second kappa shape index (κ2) is 9.43. The van der Waals surface area contributed by atoms with Crippen molar-refractivity contribution in [3.63, 3.8) is 0 Å². The maximum atomic E-state index is 12.6. The zero-order valence-electron chi connectivity index (χ0n) is 17.0. The van der Waals surface area contributed by atoms with Crippen molar-refractivity contribution in [2.75, 3.05) is 14.2 Å². The molecule has 3 rings (SSSR count). The Hall–Kier alpha value is -4.05. The number of ether oxygens (including phenoxy) is 2. The van der Waals surface area contributed by atoms with Gasteiger partial charge in [-0.1, -0.05) is 30.3 Å². The molecule has 0 saturated carbocycles. The number of hydrogen-bond acceptors (Lipinski definition) is 5. The van der Waals surface area contributed by atoms with Crippen LogP contribution in [0, 0.1) is 11.3 Å². The first-order valence-electron chi connectivity index (χ1n) is 9.30. The van der Waals surface area contributed by atoms with Crippen LogP contribution in [-0.4, -0.2) is 30.3 Å². The first-order chi connectivity index (χ1) is 14.6. The molecule has 0 aliphatic rings. The highest BCUT2D eigenvalue weighted by molar-refractivity contribution is 6.02. The quantitative estimate of drug-likeness (QED) is 0.461. The molecule has 2 aromatic carbocycles. The lowest BCUT2D eigenvalue weighted by atomic mass is 10.0. The normalized spacial score (nSPS) is 12.0. The summed E-state index contributed by atoms with van der Waals surface area (Å²) in [5, 5.41) is 19.4. The van der Waals surface area contributed by atoms with Gasteiger partial charge in [0.2, 0.25) is 0 Å². The third-order valence-electron chi connectivity index (χ3n) is 4.65. The highest BCUT2D eigenvalue weighted by Gasteiger charge is 2.16. The van der Waals surface area contributed by atoms with Gasteiger partial charge < -0.3 is 14.8 Å². The van der Waals surface area contributed by atoms with Gasteiger partial charge in [0.1, 0.15) is 11.6 Å². The van der Waals surface area contributed by atoms with E-state index in [4.69, 9.17) is 9.47 Å². The zero-order valence-corrected chi connectivity index (χ0v) is 17.0. The van der Waals surface area contributed by atoms with Crippen molar-refractivity contribution in [2.24, 2.45) is 0 Å². The second-order valence-electron chi connectivity index (χ2n) is 6.55. The third kappa shape index (κ3) is 4.50. The predicted molar refractivity (Wildman–Crippen MR) is 114 cm³/mol. The lowest BCUT2D eigenvalue weighted by Gasteiger charge is -2.13. The number of nitriles is 1. The van der Waals surface area contributed by atoms with Crippen LogP contribution in [0.15, 0.2) is 60.3 Å². The van der Waals surface area contributed by atoms with E-state index in [1.165, 1.54) is 6.08 Å². The number of rotatable bonds is 7. The molecule has 0 aliphatic carbocycles. The van der Waals surface area contributed by atoms with Gasteiger partial charge in [0.05, 0.1) is 32.2 Å². The Morgan fingerprint density at radius 1 is 1.17 bits per heavy atom. The van der Waals surface area contributed by atoms with E-state index >= 15 is 0 Å². The fourth-order valence-electron chi connectivity index (χ4n) is 3.03. The molecule has 1 heterocycles. The Bertz CT molecular complexity index is 1100. The number of methoxy groups -OCH3 is 2. The zero-order chi connectivity index (χ0) is 21.5. The molecule has 0 fully saturated rings. The van der Waals surface area contributed by atoms with Crippen LogP contribution in [0.5, 0.6) is 11.5 Å². The van der Waals surface area contributed by atoms with Gasteiger partial charge in [-0.2, -0.15) is 10.4 Å². The SMILES string of the molecule is COc1ccc(-c2[nH]ncc2/C=C(/C#N)C(=O)N[C@H](C)c2ccccc2)cc1OC. The number of carbonyl (C=O) groups excluding carboxylic acids is 1. The number of aromatic nitrogens is 2. The summed E-state index contributed by atoms with van der Waals surface area (Å²) in [7, 11) is 3.12. The highest BCUT2D eigenvalue weighted by Crippen LogP contribution is 2.33. The van der Waals surface area contributed by atoms with Gasteiger partial charge in [0, 0.05) is 11.1 Å². The van der Waals surface area contributed by atoms with Crippen LogP contribution in [0.1, 0.15) is 24.1 Å². The monoisotopic (exact) mass is 402 g/mol. The van der Waals surface area contributed by atoms with Crippen LogP contribution < -0.4 is 14.8 Å². The van der Waals surface area contributed by atoms with Gasteiger partial charge in [-0.25, -0.2) is 0 Å². The Morgan fingerprint density at radius 3 is 2.57 bits per heavy atom. The summed E-state index contributed by atoms with van der Waals surface area (Å²) in [5.74, 6) is 0.715. The number of nitrogens with zero attached hydrogens (tertiary/aromatic N) is 2. The maximum Gasteiger partial charge on any atom is 0.262 e. The van der Waals surface area contributed by atoms with Crippen molar-refractivity contribution >= 4 is 12.0 Å². The number of benzene rings is 2.